The Morgan fingerprint density at radius 3 is 2.21 bits per heavy atom. The van der Waals surface area contributed by atoms with Crippen molar-refractivity contribution in [1.29, 1.82) is 0 Å². The smallest absolute Gasteiger partial charge is 0.0546 e. The van der Waals surface area contributed by atoms with Crippen LogP contribution in [0.15, 0.2) is 0 Å². The van der Waals surface area contributed by atoms with Crippen molar-refractivity contribution in [3.05, 3.63) is 0 Å². The van der Waals surface area contributed by atoms with E-state index in [1.165, 1.54) is 6.42 Å². The van der Waals surface area contributed by atoms with E-state index in [-0.39, 0.29) is 11.7 Å². The molecule has 0 saturated carbocycles. The Balaban J connectivity index is 3.73. The average Bonchev–Trinajstić information content (AvgIpc) is 2.29. The van der Waals surface area contributed by atoms with Crippen LogP contribution < -0.4 is 22.5 Å². The normalized spacial score (nSPS) is 17.2. The van der Waals surface area contributed by atoms with Gasteiger partial charge in [-0.1, -0.05) is 26.7 Å². The Labute approximate surface area is 119 Å². The van der Waals surface area contributed by atoms with Crippen LogP contribution in [0, 0.1) is 11.8 Å². The minimum absolute atomic E-state index is 0.0853. The number of nitrogens with one attached hydrogen (secondary N) is 1. The minimum Gasteiger partial charge on any atom is -0.330 e. The van der Waals surface area contributed by atoms with Crippen LogP contribution in [-0.4, -0.2) is 24.8 Å². The zero-order valence-corrected chi connectivity index (χ0v) is 13.4. The molecule has 3 atom stereocenters. The number of hydrogen-bond donors (Lipinski definition) is 4. The number of nitrogens with two attached hydrogens (primary N) is 3. The molecule has 7 N–H and O–H groups in total. The number of hydrogen-bond acceptors (Lipinski definition) is 4. The van der Waals surface area contributed by atoms with Gasteiger partial charge in [0.05, 0.1) is 6.17 Å². The van der Waals surface area contributed by atoms with E-state index in [0.717, 1.165) is 38.8 Å². The van der Waals surface area contributed by atoms with Crippen LogP contribution in [0.3, 0.4) is 0 Å². The largest absolute Gasteiger partial charge is 0.330 e. The van der Waals surface area contributed by atoms with E-state index in [9.17, 15) is 0 Å². The Bertz CT molecular complexity index is 213. The third-order valence-electron chi connectivity index (χ3n) is 3.74. The predicted octanol–water partition coefficient (Wildman–Crippen LogP) is 1.78. The SMILES string of the molecule is CC(CNC(N)CCCCCN)C(C)CC(C)(C)N. The molecule has 3 unspecified atom stereocenters. The summed E-state index contributed by atoms with van der Waals surface area (Å²) >= 11 is 0. The highest BCUT2D eigenvalue weighted by molar-refractivity contribution is 4.78. The zero-order valence-electron chi connectivity index (χ0n) is 13.4. The van der Waals surface area contributed by atoms with E-state index in [1.54, 1.807) is 0 Å². The summed E-state index contributed by atoms with van der Waals surface area (Å²) < 4.78 is 0. The molecule has 0 saturated heterocycles. The molecule has 0 spiro atoms. The highest BCUT2D eigenvalue weighted by atomic mass is 15.0. The highest BCUT2D eigenvalue weighted by Gasteiger charge is 2.20. The second-order valence-corrected chi connectivity index (χ2v) is 6.80. The highest BCUT2D eigenvalue weighted by Crippen LogP contribution is 2.20. The standard InChI is InChI=1S/C15H36N4/c1-12(10-15(3,4)18)13(2)11-19-14(17)8-6-5-7-9-16/h12-14,19H,5-11,16-18H2,1-4H3. The summed E-state index contributed by atoms with van der Waals surface area (Å²) in [6.45, 7) is 10.5. The molecule has 0 aromatic rings. The Hall–Kier alpha value is -0.160. The van der Waals surface area contributed by atoms with Crippen molar-refractivity contribution < 1.29 is 0 Å². The van der Waals surface area contributed by atoms with Gasteiger partial charge in [0.15, 0.2) is 0 Å². The molecule has 0 bridgehead atoms. The van der Waals surface area contributed by atoms with Gasteiger partial charge in [-0.15, -0.1) is 0 Å². The van der Waals surface area contributed by atoms with Gasteiger partial charge < -0.3 is 22.5 Å². The molecule has 0 rings (SSSR count). The van der Waals surface area contributed by atoms with E-state index < -0.39 is 0 Å². The average molecular weight is 272 g/mol. The third-order valence-corrected chi connectivity index (χ3v) is 3.74. The van der Waals surface area contributed by atoms with Crippen molar-refractivity contribution in [3.63, 3.8) is 0 Å². The summed E-state index contributed by atoms with van der Waals surface area (Å²) in [7, 11) is 0. The van der Waals surface area contributed by atoms with Crippen LogP contribution in [0.1, 0.15) is 59.8 Å². The fraction of sp³-hybridized carbons (Fsp3) is 1.00. The second kappa shape index (κ2) is 9.70. The molecule has 0 heterocycles. The van der Waals surface area contributed by atoms with Crippen molar-refractivity contribution in [1.82, 2.24) is 5.32 Å². The molecule has 0 aliphatic carbocycles. The van der Waals surface area contributed by atoms with Crippen LogP contribution in [0.2, 0.25) is 0 Å². The lowest BCUT2D eigenvalue weighted by atomic mass is 9.84. The van der Waals surface area contributed by atoms with Crippen molar-refractivity contribution >= 4 is 0 Å². The molecule has 4 heteroatoms. The summed E-state index contributed by atoms with van der Waals surface area (Å²) in [4.78, 5) is 0. The molecule has 0 aliphatic heterocycles. The summed E-state index contributed by atoms with van der Waals surface area (Å²) in [5.41, 5.74) is 17.5. The van der Waals surface area contributed by atoms with Crippen LogP contribution in [0.5, 0.6) is 0 Å². The molecular weight excluding hydrogens is 236 g/mol. The van der Waals surface area contributed by atoms with Crippen LogP contribution in [0.25, 0.3) is 0 Å². The van der Waals surface area contributed by atoms with Gasteiger partial charge in [0, 0.05) is 5.54 Å². The quantitative estimate of drug-likeness (QED) is 0.341. The summed E-state index contributed by atoms with van der Waals surface area (Å²) in [6.07, 6.45) is 5.62. The van der Waals surface area contributed by atoms with Gasteiger partial charge in [-0.25, -0.2) is 0 Å². The van der Waals surface area contributed by atoms with E-state index in [2.05, 4.69) is 33.0 Å². The van der Waals surface area contributed by atoms with E-state index in [1.807, 2.05) is 0 Å². The molecule has 0 amide bonds. The van der Waals surface area contributed by atoms with E-state index in [4.69, 9.17) is 17.2 Å². The fourth-order valence-electron chi connectivity index (χ4n) is 2.36. The van der Waals surface area contributed by atoms with Gasteiger partial charge in [-0.05, 0) is 58.0 Å². The lowest BCUT2D eigenvalue weighted by molar-refractivity contribution is 0.278. The topological polar surface area (TPSA) is 90.1 Å². The third kappa shape index (κ3) is 11.4. The first kappa shape index (κ1) is 18.8. The maximum absolute atomic E-state index is 6.07. The first-order chi connectivity index (χ1) is 8.76. The number of unbranched alkanes of at least 4 members (excludes halogenated alkanes) is 2. The lowest BCUT2D eigenvalue weighted by Crippen LogP contribution is -2.42. The van der Waals surface area contributed by atoms with Crippen molar-refractivity contribution in [2.75, 3.05) is 13.1 Å². The van der Waals surface area contributed by atoms with Gasteiger partial charge in [0.25, 0.3) is 0 Å². The molecular formula is C15H36N4. The Morgan fingerprint density at radius 1 is 1.05 bits per heavy atom. The number of rotatable bonds is 11. The Morgan fingerprint density at radius 2 is 1.68 bits per heavy atom. The van der Waals surface area contributed by atoms with E-state index in [0.29, 0.717) is 11.8 Å². The molecule has 0 aliphatic rings. The molecule has 0 radical (unpaired) electrons. The van der Waals surface area contributed by atoms with Crippen molar-refractivity contribution in [2.45, 2.75) is 71.5 Å². The van der Waals surface area contributed by atoms with Crippen molar-refractivity contribution in [3.8, 4) is 0 Å². The summed E-state index contributed by atoms with van der Waals surface area (Å²) in [6, 6.07) is 0. The maximum atomic E-state index is 6.07. The molecule has 0 aromatic heterocycles. The minimum atomic E-state index is -0.0853. The van der Waals surface area contributed by atoms with Crippen LogP contribution in [-0.2, 0) is 0 Å². The Kier molecular flexibility index (Phi) is 9.62. The second-order valence-electron chi connectivity index (χ2n) is 6.80. The predicted molar refractivity (Wildman–Crippen MR) is 84.7 cm³/mol. The molecule has 4 nitrogen and oxygen atoms in total. The summed E-state index contributed by atoms with van der Waals surface area (Å²) in [5, 5.41) is 3.43. The van der Waals surface area contributed by atoms with Gasteiger partial charge >= 0.3 is 0 Å². The zero-order chi connectivity index (χ0) is 14.9. The maximum Gasteiger partial charge on any atom is 0.0546 e. The lowest BCUT2D eigenvalue weighted by Gasteiger charge is -2.28. The van der Waals surface area contributed by atoms with Gasteiger partial charge in [-0.2, -0.15) is 0 Å². The molecule has 0 aromatic carbocycles. The van der Waals surface area contributed by atoms with Gasteiger partial charge in [0.2, 0.25) is 0 Å². The first-order valence-corrected chi connectivity index (χ1v) is 7.74. The molecule has 0 fully saturated rings. The van der Waals surface area contributed by atoms with Crippen molar-refractivity contribution in [2.24, 2.45) is 29.0 Å². The summed E-state index contributed by atoms with van der Waals surface area (Å²) in [5.74, 6) is 1.20. The van der Waals surface area contributed by atoms with Crippen LogP contribution >= 0.6 is 0 Å². The van der Waals surface area contributed by atoms with Gasteiger partial charge in [0.1, 0.15) is 0 Å². The van der Waals surface area contributed by atoms with Crippen LogP contribution in [0.4, 0.5) is 0 Å². The molecule has 19 heavy (non-hydrogen) atoms. The van der Waals surface area contributed by atoms with E-state index >= 15 is 0 Å². The van der Waals surface area contributed by atoms with Gasteiger partial charge in [-0.3, -0.25) is 0 Å². The fourth-order valence-corrected chi connectivity index (χ4v) is 2.36. The molecule has 116 valence electrons. The first-order valence-electron chi connectivity index (χ1n) is 7.74. The monoisotopic (exact) mass is 272 g/mol.